The minimum Gasteiger partial charge on any atom is -0.486 e. The molecular weight excluding hydrogens is 164 g/mol. The van der Waals surface area contributed by atoms with E-state index in [-0.39, 0.29) is 0 Å². The van der Waals surface area contributed by atoms with Gasteiger partial charge in [0.1, 0.15) is 13.2 Å². The van der Waals surface area contributed by atoms with E-state index >= 15 is 0 Å². The van der Waals surface area contributed by atoms with Crippen LogP contribution in [0.3, 0.4) is 0 Å². The first kappa shape index (κ1) is 8.17. The zero-order valence-electron chi connectivity index (χ0n) is 7.32. The molecule has 1 aliphatic heterocycles. The minimum absolute atomic E-state index is 0.630. The Hall–Kier alpha value is -1.44. The van der Waals surface area contributed by atoms with Crippen molar-refractivity contribution in [1.82, 2.24) is 0 Å². The maximum atomic E-state index is 5.43. The van der Waals surface area contributed by atoms with Crippen molar-refractivity contribution in [3.63, 3.8) is 0 Å². The van der Waals surface area contributed by atoms with Crippen LogP contribution in [0.1, 0.15) is 5.56 Å². The van der Waals surface area contributed by atoms with Crippen molar-refractivity contribution in [2.24, 2.45) is 0 Å². The van der Waals surface area contributed by atoms with Crippen molar-refractivity contribution in [1.29, 1.82) is 0 Å². The SMILES string of the molecule is [CH2]C=Cc1ccc2c(c1)OCCO2. The minimum atomic E-state index is 0.630. The van der Waals surface area contributed by atoms with Gasteiger partial charge in [-0.1, -0.05) is 18.2 Å². The second-order valence-corrected chi connectivity index (χ2v) is 2.81. The maximum absolute atomic E-state index is 5.43. The van der Waals surface area contributed by atoms with Gasteiger partial charge < -0.3 is 9.47 Å². The summed E-state index contributed by atoms with van der Waals surface area (Å²) in [6.07, 6.45) is 3.68. The Bertz CT molecular complexity index is 329. The van der Waals surface area contributed by atoms with E-state index in [1.54, 1.807) is 6.08 Å². The van der Waals surface area contributed by atoms with Crippen LogP contribution in [0, 0.1) is 6.92 Å². The van der Waals surface area contributed by atoms with Crippen molar-refractivity contribution < 1.29 is 9.47 Å². The largest absolute Gasteiger partial charge is 0.486 e. The maximum Gasteiger partial charge on any atom is 0.161 e. The van der Waals surface area contributed by atoms with Crippen molar-refractivity contribution in [3.8, 4) is 11.5 Å². The van der Waals surface area contributed by atoms with Gasteiger partial charge in [0, 0.05) is 0 Å². The van der Waals surface area contributed by atoms with Gasteiger partial charge in [-0.3, -0.25) is 0 Å². The quantitative estimate of drug-likeness (QED) is 0.652. The zero-order chi connectivity index (χ0) is 9.10. The van der Waals surface area contributed by atoms with E-state index in [4.69, 9.17) is 9.47 Å². The molecule has 0 aromatic heterocycles. The van der Waals surface area contributed by atoms with Gasteiger partial charge in [0.2, 0.25) is 0 Å². The third-order valence-corrected chi connectivity index (χ3v) is 1.88. The highest BCUT2D eigenvalue weighted by molar-refractivity contribution is 5.56. The van der Waals surface area contributed by atoms with Gasteiger partial charge >= 0.3 is 0 Å². The summed E-state index contributed by atoms with van der Waals surface area (Å²) in [7, 11) is 0. The fourth-order valence-electron chi connectivity index (χ4n) is 1.30. The fourth-order valence-corrected chi connectivity index (χ4v) is 1.30. The Morgan fingerprint density at radius 1 is 1.15 bits per heavy atom. The summed E-state index contributed by atoms with van der Waals surface area (Å²) in [5.41, 5.74) is 1.08. The second kappa shape index (κ2) is 3.52. The summed E-state index contributed by atoms with van der Waals surface area (Å²) in [6, 6.07) is 5.86. The van der Waals surface area contributed by atoms with E-state index in [1.165, 1.54) is 0 Å². The van der Waals surface area contributed by atoms with Crippen LogP contribution in [0.4, 0.5) is 0 Å². The number of allylic oxidation sites excluding steroid dienone is 1. The molecule has 1 aromatic rings. The highest BCUT2D eigenvalue weighted by Crippen LogP contribution is 2.30. The predicted octanol–water partition coefficient (Wildman–Crippen LogP) is 2.31. The van der Waals surface area contributed by atoms with Crippen LogP contribution in [0.25, 0.3) is 6.08 Å². The molecule has 1 aromatic carbocycles. The van der Waals surface area contributed by atoms with Crippen LogP contribution in [0.2, 0.25) is 0 Å². The van der Waals surface area contributed by atoms with Crippen LogP contribution >= 0.6 is 0 Å². The average Bonchev–Trinajstić information content (AvgIpc) is 2.18. The molecule has 1 radical (unpaired) electrons. The van der Waals surface area contributed by atoms with Crippen LogP contribution < -0.4 is 9.47 Å². The second-order valence-electron chi connectivity index (χ2n) is 2.81. The molecule has 1 aliphatic rings. The van der Waals surface area contributed by atoms with Gasteiger partial charge in [0.25, 0.3) is 0 Å². The number of benzene rings is 1. The number of hydrogen-bond acceptors (Lipinski definition) is 2. The molecule has 0 bridgehead atoms. The Labute approximate surface area is 77.8 Å². The van der Waals surface area contributed by atoms with Gasteiger partial charge in [0.05, 0.1) is 0 Å². The lowest BCUT2D eigenvalue weighted by Crippen LogP contribution is -2.15. The number of ether oxygens (including phenoxy) is 2. The smallest absolute Gasteiger partial charge is 0.161 e. The summed E-state index contributed by atoms with van der Waals surface area (Å²) in [6.45, 7) is 4.91. The van der Waals surface area contributed by atoms with Crippen LogP contribution in [0.15, 0.2) is 24.3 Å². The summed E-state index contributed by atoms with van der Waals surface area (Å²) >= 11 is 0. The first-order chi connectivity index (χ1) is 6.40. The van der Waals surface area contributed by atoms with Crippen molar-refractivity contribution in [3.05, 3.63) is 36.8 Å². The molecule has 67 valence electrons. The highest BCUT2D eigenvalue weighted by Gasteiger charge is 2.10. The standard InChI is InChI=1S/C11H11O2/c1-2-3-9-4-5-10-11(8-9)13-7-6-12-10/h2-5,8H,1,6-7H2. The number of hydrogen-bond donors (Lipinski definition) is 0. The van der Waals surface area contributed by atoms with E-state index < -0.39 is 0 Å². The van der Waals surface area contributed by atoms with E-state index in [0.717, 1.165) is 17.1 Å². The van der Waals surface area contributed by atoms with Crippen molar-refractivity contribution in [2.45, 2.75) is 0 Å². The topological polar surface area (TPSA) is 18.5 Å². The van der Waals surface area contributed by atoms with Gasteiger partial charge in [0.15, 0.2) is 11.5 Å². The van der Waals surface area contributed by atoms with E-state index in [1.807, 2.05) is 24.3 Å². The van der Waals surface area contributed by atoms with Crippen molar-refractivity contribution >= 4 is 6.08 Å². The fraction of sp³-hybridized carbons (Fsp3) is 0.182. The van der Waals surface area contributed by atoms with Crippen LogP contribution in [-0.4, -0.2) is 13.2 Å². The summed E-state index contributed by atoms with van der Waals surface area (Å²) < 4.78 is 10.8. The van der Waals surface area contributed by atoms with Crippen molar-refractivity contribution in [2.75, 3.05) is 13.2 Å². The average molecular weight is 175 g/mol. The molecule has 0 atom stereocenters. The Kier molecular flexibility index (Phi) is 2.21. The molecule has 0 amide bonds. The normalized spacial score (nSPS) is 14.8. The summed E-state index contributed by atoms with van der Waals surface area (Å²) in [5, 5.41) is 0. The van der Waals surface area contributed by atoms with E-state index in [9.17, 15) is 0 Å². The zero-order valence-corrected chi connectivity index (χ0v) is 7.32. The van der Waals surface area contributed by atoms with E-state index in [2.05, 4.69) is 6.92 Å². The molecule has 1 heterocycles. The first-order valence-corrected chi connectivity index (χ1v) is 4.25. The van der Waals surface area contributed by atoms with Crippen LogP contribution in [-0.2, 0) is 0 Å². The first-order valence-electron chi connectivity index (χ1n) is 4.25. The lowest BCUT2D eigenvalue weighted by molar-refractivity contribution is 0.171. The third kappa shape index (κ3) is 1.66. The molecule has 13 heavy (non-hydrogen) atoms. The monoisotopic (exact) mass is 175 g/mol. The summed E-state index contributed by atoms with van der Waals surface area (Å²) in [5.74, 6) is 1.65. The molecule has 0 saturated heterocycles. The lowest BCUT2D eigenvalue weighted by atomic mass is 10.2. The summed E-state index contributed by atoms with van der Waals surface area (Å²) in [4.78, 5) is 0. The highest BCUT2D eigenvalue weighted by atomic mass is 16.6. The molecule has 0 spiro atoms. The number of fused-ring (bicyclic) bond motifs is 1. The Morgan fingerprint density at radius 2 is 1.92 bits per heavy atom. The van der Waals surface area contributed by atoms with Gasteiger partial charge in [-0.2, -0.15) is 0 Å². The molecule has 0 aliphatic carbocycles. The van der Waals surface area contributed by atoms with Gasteiger partial charge in [-0.05, 0) is 24.6 Å². The molecule has 2 nitrogen and oxygen atoms in total. The predicted molar refractivity (Wildman–Crippen MR) is 51.8 cm³/mol. The Balaban J connectivity index is 2.35. The molecular formula is C11H11O2. The third-order valence-electron chi connectivity index (χ3n) is 1.88. The van der Waals surface area contributed by atoms with Crippen LogP contribution in [0.5, 0.6) is 11.5 Å². The molecule has 2 heteroatoms. The molecule has 0 unspecified atom stereocenters. The molecule has 2 rings (SSSR count). The molecule has 0 N–H and O–H groups in total. The van der Waals surface area contributed by atoms with E-state index in [0.29, 0.717) is 13.2 Å². The van der Waals surface area contributed by atoms with Gasteiger partial charge in [-0.25, -0.2) is 0 Å². The lowest BCUT2D eigenvalue weighted by Gasteiger charge is -2.18. The molecule has 0 fully saturated rings. The van der Waals surface area contributed by atoms with Gasteiger partial charge in [-0.15, -0.1) is 0 Å². The Morgan fingerprint density at radius 3 is 2.69 bits per heavy atom. The number of rotatable bonds is 1. The molecule has 0 saturated carbocycles.